The molecule has 2 aromatic heterocycles. The molecule has 0 unspecified atom stereocenters. The summed E-state index contributed by atoms with van der Waals surface area (Å²) in [4.78, 5) is 36.7. The molecule has 136 valence electrons. The zero-order chi connectivity index (χ0) is 18.1. The van der Waals surface area contributed by atoms with Crippen LogP contribution in [0.1, 0.15) is 48.2 Å². The molecule has 4 heterocycles. The third-order valence-corrected chi connectivity index (χ3v) is 5.93. The van der Waals surface area contributed by atoms with E-state index in [1.165, 1.54) is 0 Å². The van der Waals surface area contributed by atoms with Gasteiger partial charge in [-0.2, -0.15) is 0 Å². The number of aromatic nitrogens is 2. The van der Waals surface area contributed by atoms with E-state index >= 15 is 0 Å². The van der Waals surface area contributed by atoms with Gasteiger partial charge >= 0.3 is 0 Å². The van der Waals surface area contributed by atoms with Crippen LogP contribution in [0.5, 0.6) is 0 Å². The summed E-state index contributed by atoms with van der Waals surface area (Å²) >= 11 is 0. The quantitative estimate of drug-likeness (QED) is 0.922. The van der Waals surface area contributed by atoms with Gasteiger partial charge in [0.1, 0.15) is 5.69 Å². The lowest BCUT2D eigenvalue weighted by molar-refractivity contribution is -0.133. The van der Waals surface area contributed by atoms with E-state index in [2.05, 4.69) is 9.97 Å². The summed E-state index contributed by atoms with van der Waals surface area (Å²) in [6, 6.07) is 7.53. The van der Waals surface area contributed by atoms with Crippen molar-refractivity contribution in [1.82, 2.24) is 19.8 Å². The number of pyridine rings is 1. The van der Waals surface area contributed by atoms with Crippen molar-refractivity contribution in [3.63, 3.8) is 0 Å². The Labute approximate surface area is 153 Å². The van der Waals surface area contributed by atoms with Gasteiger partial charge in [-0.3, -0.25) is 14.6 Å². The number of carbonyl (C=O) groups excluding carboxylic acids is 2. The number of likely N-dealkylation sites (tertiary alicyclic amines) is 2. The number of aromatic amines is 1. The molecule has 2 aliphatic heterocycles. The fraction of sp³-hybridized carbons (Fsp3) is 0.450. The van der Waals surface area contributed by atoms with Gasteiger partial charge in [-0.25, -0.2) is 0 Å². The van der Waals surface area contributed by atoms with Crippen LogP contribution in [0.15, 0.2) is 42.9 Å². The van der Waals surface area contributed by atoms with Crippen LogP contribution in [0.2, 0.25) is 0 Å². The van der Waals surface area contributed by atoms with E-state index in [0.29, 0.717) is 25.3 Å². The average molecular weight is 352 g/mol. The first kappa shape index (κ1) is 16.8. The lowest BCUT2D eigenvalue weighted by atomic mass is 9.81. The Morgan fingerprint density at radius 1 is 1.31 bits per heavy atom. The van der Waals surface area contributed by atoms with Gasteiger partial charge in [0.25, 0.3) is 5.91 Å². The van der Waals surface area contributed by atoms with Gasteiger partial charge in [0, 0.05) is 43.8 Å². The van der Waals surface area contributed by atoms with Crippen LogP contribution in [-0.2, 0) is 4.79 Å². The summed E-state index contributed by atoms with van der Waals surface area (Å²) in [6.45, 7) is 4.12. The third kappa shape index (κ3) is 2.69. The summed E-state index contributed by atoms with van der Waals surface area (Å²) in [7, 11) is 0. The van der Waals surface area contributed by atoms with Crippen LogP contribution in [0.25, 0.3) is 0 Å². The minimum atomic E-state index is -0.140. The van der Waals surface area contributed by atoms with Gasteiger partial charge in [0.05, 0.1) is 5.92 Å². The maximum atomic E-state index is 13.0. The van der Waals surface area contributed by atoms with E-state index in [1.807, 2.05) is 41.0 Å². The Morgan fingerprint density at radius 3 is 2.73 bits per heavy atom. The number of nitrogens with one attached hydrogen (secondary N) is 1. The van der Waals surface area contributed by atoms with Gasteiger partial charge in [-0.05, 0) is 49.9 Å². The van der Waals surface area contributed by atoms with Crippen molar-refractivity contribution in [2.24, 2.45) is 0 Å². The van der Waals surface area contributed by atoms with Crippen molar-refractivity contribution in [3.05, 3.63) is 54.1 Å². The molecule has 2 aromatic rings. The number of hydrogen-bond acceptors (Lipinski definition) is 3. The molecule has 6 heteroatoms. The molecule has 4 rings (SSSR count). The first-order valence-electron chi connectivity index (χ1n) is 9.29. The van der Waals surface area contributed by atoms with E-state index in [1.54, 1.807) is 18.6 Å². The largest absolute Gasteiger partial charge is 0.357 e. The maximum Gasteiger partial charge on any atom is 0.270 e. The summed E-state index contributed by atoms with van der Waals surface area (Å²) in [6.07, 6.45) is 7.79. The third-order valence-electron chi connectivity index (χ3n) is 5.93. The normalized spacial score (nSPS) is 22.2. The molecule has 2 fully saturated rings. The smallest absolute Gasteiger partial charge is 0.270 e. The lowest BCUT2D eigenvalue weighted by Crippen LogP contribution is -2.54. The second-order valence-electron chi connectivity index (χ2n) is 7.23. The maximum absolute atomic E-state index is 13.0. The Kier molecular flexibility index (Phi) is 4.26. The minimum Gasteiger partial charge on any atom is -0.357 e. The van der Waals surface area contributed by atoms with Crippen molar-refractivity contribution >= 4 is 11.8 Å². The number of hydrogen-bond donors (Lipinski definition) is 1. The zero-order valence-electron chi connectivity index (χ0n) is 15.0. The van der Waals surface area contributed by atoms with E-state index in [4.69, 9.17) is 0 Å². The summed E-state index contributed by atoms with van der Waals surface area (Å²) < 4.78 is 0. The van der Waals surface area contributed by atoms with Gasteiger partial charge in [-0.15, -0.1) is 0 Å². The van der Waals surface area contributed by atoms with Crippen LogP contribution in [0, 0.1) is 0 Å². The van der Waals surface area contributed by atoms with E-state index in [9.17, 15) is 9.59 Å². The predicted octanol–water partition coefficient (Wildman–Crippen LogP) is 2.42. The number of likely N-dealkylation sites (N-methyl/N-ethyl adjacent to an activating group) is 1. The summed E-state index contributed by atoms with van der Waals surface area (Å²) in [5, 5.41) is 0. The lowest BCUT2D eigenvalue weighted by Gasteiger charge is -2.44. The molecule has 2 saturated heterocycles. The molecule has 0 bridgehead atoms. The second-order valence-corrected chi connectivity index (χ2v) is 7.23. The Bertz CT molecular complexity index is 779. The molecular weight excluding hydrogens is 328 g/mol. The SMILES string of the molecule is CCN1C(=O)[C@@H](c2cccnc2)CC12CCN(C(=O)c1ccc[nH]1)CC2. The number of carbonyl (C=O) groups is 2. The molecule has 0 radical (unpaired) electrons. The van der Waals surface area contributed by atoms with Crippen molar-refractivity contribution in [2.75, 3.05) is 19.6 Å². The molecule has 1 atom stereocenters. The Morgan fingerprint density at radius 2 is 2.12 bits per heavy atom. The fourth-order valence-corrected chi connectivity index (χ4v) is 4.57. The van der Waals surface area contributed by atoms with Crippen molar-refractivity contribution in [2.45, 2.75) is 37.6 Å². The van der Waals surface area contributed by atoms with Crippen molar-refractivity contribution < 1.29 is 9.59 Å². The average Bonchev–Trinajstić information content (AvgIpc) is 3.30. The van der Waals surface area contributed by atoms with Crippen LogP contribution in [0.4, 0.5) is 0 Å². The highest BCUT2D eigenvalue weighted by molar-refractivity contribution is 5.92. The molecular formula is C20H24N4O2. The van der Waals surface area contributed by atoms with E-state index < -0.39 is 0 Å². The van der Waals surface area contributed by atoms with Crippen molar-refractivity contribution in [3.8, 4) is 0 Å². The van der Waals surface area contributed by atoms with Crippen LogP contribution >= 0.6 is 0 Å². The molecule has 0 aromatic carbocycles. The Hall–Kier alpha value is -2.63. The highest BCUT2D eigenvalue weighted by Gasteiger charge is 2.51. The highest BCUT2D eigenvalue weighted by Crippen LogP contribution is 2.45. The molecule has 26 heavy (non-hydrogen) atoms. The number of amides is 2. The molecule has 6 nitrogen and oxygen atoms in total. The summed E-state index contributed by atoms with van der Waals surface area (Å²) in [5.41, 5.74) is 1.49. The number of nitrogens with zero attached hydrogens (tertiary/aromatic N) is 3. The van der Waals surface area contributed by atoms with E-state index in [0.717, 1.165) is 24.8 Å². The molecule has 0 aliphatic carbocycles. The first-order valence-corrected chi connectivity index (χ1v) is 9.29. The van der Waals surface area contributed by atoms with Crippen LogP contribution < -0.4 is 0 Å². The topological polar surface area (TPSA) is 69.3 Å². The number of rotatable bonds is 3. The van der Waals surface area contributed by atoms with Gasteiger partial charge in [0.15, 0.2) is 0 Å². The van der Waals surface area contributed by atoms with E-state index in [-0.39, 0.29) is 23.3 Å². The predicted molar refractivity (Wildman–Crippen MR) is 97.6 cm³/mol. The van der Waals surface area contributed by atoms with Crippen LogP contribution in [-0.4, -0.2) is 56.8 Å². The molecule has 1 spiro atoms. The standard InChI is InChI=1S/C20H24N4O2/c1-2-24-18(25)16(15-5-3-9-21-14-15)13-20(24)7-11-23(12-8-20)19(26)17-6-4-10-22-17/h3-6,9-10,14,16,22H,2,7-8,11-13H2,1H3/t16-/m1/s1. The Balaban J connectivity index is 1.52. The number of piperidine rings is 1. The fourth-order valence-electron chi connectivity index (χ4n) is 4.57. The number of H-pyrrole nitrogens is 1. The monoisotopic (exact) mass is 352 g/mol. The highest BCUT2D eigenvalue weighted by atomic mass is 16.2. The molecule has 2 aliphatic rings. The van der Waals surface area contributed by atoms with Gasteiger partial charge in [-0.1, -0.05) is 6.07 Å². The molecule has 0 saturated carbocycles. The van der Waals surface area contributed by atoms with Gasteiger partial charge < -0.3 is 14.8 Å². The first-order chi connectivity index (χ1) is 12.6. The second kappa shape index (κ2) is 6.59. The molecule has 1 N–H and O–H groups in total. The van der Waals surface area contributed by atoms with Crippen molar-refractivity contribution in [1.29, 1.82) is 0 Å². The summed E-state index contributed by atoms with van der Waals surface area (Å²) in [5.74, 6) is 0.125. The van der Waals surface area contributed by atoms with Gasteiger partial charge in [0.2, 0.25) is 5.91 Å². The minimum absolute atomic E-state index is 0.0426. The molecule has 2 amide bonds. The zero-order valence-corrected chi connectivity index (χ0v) is 15.0. The van der Waals surface area contributed by atoms with Crippen LogP contribution in [0.3, 0.4) is 0 Å².